The summed E-state index contributed by atoms with van der Waals surface area (Å²) in [5.74, 6) is -0.160. The van der Waals surface area contributed by atoms with Crippen LogP contribution in [0.1, 0.15) is 128 Å². The van der Waals surface area contributed by atoms with Gasteiger partial charge >= 0.3 is 15.6 Å². The highest BCUT2D eigenvalue weighted by Crippen LogP contribution is 2.53. The smallest absolute Gasteiger partial charge is 0.394 e. The summed E-state index contributed by atoms with van der Waals surface area (Å²) < 4.78 is 73.0. The Bertz CT molecular complexity index is 3060. The average molecular weight is 1130 g/mol. The molecule has 9 heterocycles. The Hall–Kier alpha value is -5.46. The Morgan fingerprint density at radius 1 is 0.615 bits per heavy atom. The Kier molecular flexibility index (Phi) is 18.9. The van der Waals surface area contributed by atoms with Crippen molar-refractivity contribution in [3.8, 4) is 0 Å². The first-order valence-electron chi connectivity index (χ1n) is 26.3. The lowest BCUT2D eigenvalue weighted by Crippen LogP contribution is -2.48. The van der Waals surface area contributed by atoms with Gasteiger partial charge in [-0.25, -0.2) is 54.0 Å². The number of nitrogens with zero attached hydrogens (tertiary/aromatic N) is 12. The van der Waals surface area contributed by atoms with Crippen LogP contribution in [0.5, 0.6) is 0 Å². The second-order valence-electron chi connectivity index (χ2n) is 19.7. The van der Waals surface area contributed by atoms with Crippen molar-refractivity contribution in [3.63, 3.8) is 0 Å². The number of amides is 1. The molecular formula is C46H68N16O14P2. The number of aromatic nitrogens is 12. The first-order chi connectivity index (χ1) is 37.6. The molecule has 0 aliphatic carbocycles. The normalized spacial score (nSPS) is 26.1. The summed E-state index contributed by atoms with van der Waals surface area (Å²) in [4.78, 5) is 73.4. The number of nitrogens with two attached hydrogens (primary N) is 3. The van der Waals surface area contributed by atoms with Gasteiger partial charge in [0.05, 0.1) is 57.1 Å². The molecule has 0 bridgehead atoms. The Labute approximate surface area is 447 Å². The molecule has 6 aromatic heterocycles. The maximum atomic E-state index is 14.1. The molecule has 32 heteroatoms. The number of unbranched alkanes of at least 4 members (excludes halogenated alkanes) is 12. The maximum absolute atomic E-state index is 14.1. The molecule has 2 unspecified atom stereocenters. The van der Waals surface area contributed by atoms with Gasteiger partial charge in [-0.3, -0.25) is 36.6 Å². The van der Waals surface area contributed by atoms with Crippen LogP contribution in [0.25, 0.3) is 33.5 Å². The van der Waals surface area contributed by atoms with Gasteiger partial charge in [0.2, 0.25) is 5.91 Å². The predicted octanol–water partition coefficient (Wildman–Crippen LogP) is 4.05. The standard InChI is InChI=1S/C46H68N16O14P2/c1-2-3-4-5-6-7-8-9-10-11-12-13-14-15-32(64)59-33-31(74-46(37(33)65)62-26-58-36-40(49)52-23-55-43(36)62)20-71-78(68,69)76-30-17-28(73-45(30)61-25-57-35-39(48)51-22-54-42(35)61)19-70-77(66,67)75-29-16-27(18-63)72-44(29)60-24-56-34-38(47)50-21-53-41(34)60/h21-31,33,37,44-46,63,65H,2-20H2,1H3,(H,59,64)(H,66,67)(H,68,69)(H2,47,50,53)(H2,48,51,54)(H2,49,52,55)/t27-,28-,29+,30+,31+,33+,37+,44+,45+,46+/m0/s1. The molecule has 3 fully saturated rings. The zero-order chi connectivity index (χ0) is 55.0. The first-order valence-corrected chi connectivity index (χ1v) is 29.3. The number of nitrogens with one attached hydrogen (secondary N) is 1. The third kappa shape index (κ3) is 13.6. The first kappa shape index (κ1) is 57.2. The van der Waals surface area contributed by atoms with Crippen molar-refractivity contribution < 1.29 is 66.2 Å². The van der Waals surface area contributed by atoms with E-state index < -0.39 is 96.8 Å². The van der Waals surface area contributed by atoms with Gasteiger partial charge in [-0.1, -0.05) is 84.0 Å². The van der Waals surface area contributed by atoms with E-state index in [0.717, 1.165) is 25.7 Å². The van der Waals surface area contributed by atoms with Crippen molar-refractivity contribution in [2.45, 2.75) is 171 Å². The van der Waals surface area contributed by atoms with Crippen LogP contribution in [0.15, 0.2) is 38.0 Å². The summed E-state index contributed by atoms with van der Waals surface area (Å²) in [6.45, 7) is 0.493. The van der Waals surface area contributed by atoms with Gasteiger partial charge in [0, 0.05) is 19.3 Å². The summed E-state index contributed by atoms with van der Waals surface area (Å²) in [6, 6.07) is -1.16. The molecule has 0 spiro atoms. The number of carbonyl (C=O) groups is 1. The van der Waals surface area contributed by atoms with Crippen LogP contribution in [0, 0.1) is 0 Å². The Morgan fingerprint density at radius 3 is 1.51 bits per heavy atom. The van der Waals surface area contributed by atoms with E-state index >= 15 is 0 Å². The number of ether oxygens (including phenoxy) is 3. The number of rotatable bonds is 29. The molecule has 6 aromatic rings. The van der Waals surface area contributed by atoms with E-state index in [1.54, 1.807) is 0 Å². The molecule has 0 saturated carbocycles. The van der Waals surface area contributed by atoms with Crippen LogP contribution >= 0.6 is 15.6 Å². The lowest BCUT2D eigenvalue weighted by Gasteiger charge is -2.25. The minimum Gasteiger partial charge on any atom is -0.394 e. The van der Waals surface area contributed by atoms with Crippen LogP contribution in [-0.4, -0.2) is 147 Å². The second-order valence-corrected chi connectivity index (χ2v) is 22.5. The number of phosphoric ester groups is 2. The van der Waals surface area contributed by atoms with Gasteiger partial charge in [-0.2, -0.15) is 0 Å². The van der Waals surface area contributed by atoms with Crippen LogP contribution in [-0.2, 0) is 46.2 Å². The van der Waals surface area contributed by atoms with Gasteiger partial charge in [-0.05, 0) is 6.42 Å². The molecule has 12 atom stereocenters. The average Bonchev–Trinajstić information content (AvgIpc) is 4.45. The van der Waals surface area contributed by atoms with Crippen molar-refractivity contribution in [1.29, 1.82) is 0 Å². The zero-order valence-corrected chi connectivity index (χ0v) is 44.8. The van der Waals surface area contributed by atoms with E-state index in [1.807, 2.05) is 0 Å². The monoisotopic (exact) mass is 1130 g/mol. The summed E-state index contributed by atoms with van der Waals surface area (Å²) >= 11 is 0. The number of carbonyl (C=O) groups excluding carboxylic acids is 1. The Balaban J connectivity index is 0.846. The van der Waals surface area contributed by atoms with E-state index in [-0.39, 0.29) is 76.1 Å². The number of nitrogen functional groups attached to an aromatic ring is 3. The number of hydrogen-bond acceptors (Lipinski definition) is 24. The van der Waals surface area contributed by atoms with Gasteiger partial charge < -0.3 is 56.7 Å². The summed E-state index contributed by atoms with van der Waals surface area (Å²) in [5, 5.41) is 24.6. The largest absolute Gasteiger partial charge is 0.472 e. The van der Waals surface area contributed by atoms with E-state index in [2.05, 4.69) is 57.1 Å². The summed E-state index contributed by atoms with van der Waals surface area (Å²) in [6.07, 6.45) is 11.7. The molecule has 3 aliphatic rings. The SMILES string of the molecule is CCCCCCCCCCCCCCCC(=O)N[C@H]1[C@@H](O)[C@H](n2cnc3c(N)ncnc32)O[C@@H]1COP(=O)(O)O[C@@H]1C[C@@H](COP(=O)(O)O[C@@H]2C[C@@H](CO)O[C@H]2n2cnc3c(N)ncnc32)O[C@H]1n1cnc2c(N)ncnc21. The summed E-state index contributed by atoms with van der Waals surface area (Å²) in [5.41, 5.74) is 19.4. The molecule has 0 aromatic carbocycles. The van der Waals surface area contributed by atoms with Crippen LogP contribution in [0.2, 0.25) is 0 Å². The molecular weight excluding hydrogens is 1060 g/mol. The highest BCUT2D eigenvalue weighted by Gasteiger charge is 2.49. The topological polar surface area (TPSA) is 418 Å². The van der Waals surface area contributed by atoms with Crippen LogP contribution < -0.4 is 22.5 Å². The van der Waals surface area contributed by atoms with Crippen molar-refractivity contribution in [2.24, 2.45) is 0 Å². The molecule has 78 heavy (non-hydrogen) atoms. The van der Waals surface area contributed by atoms with E-state index in [9.17, 15) is 33.9 Å². The molecule has 1 amide bonds. The molecule has 9 rings (SSSR count). The fourth-order valence-corrected chi connectivity index (χ4v) is 12.0. The van der Waals surface area contributed by atoms with Crippen molar-refractivity contribution in [1.82, 2.24) is 63.9 Å². The van der Waals surface area contributed by atoms with E-state index in [1.165, 1.54) is 103 Å². The fourth-order valence-electron chi connectivity index (χ4n) is 10.1. The third-order valence-electron chi connectivity index (χ3n) is 14.1. The lowest BCUT2D eigenvalue weighted by atomic mass is 10.0. The van der Waals surface area contributed by atoms with Gasteiger partial charge in [0.15, 0.2) is 53.1 Å². The summed E-state index contributed by atoms with van der Waals surface area (Å²) in [7, 11) is -10.1. The number of aliphatic hydroxyl groups is 2. The highest BCUT2D eigenvalue weighted by molar-refractivity contribution is 7.47. The minimum absolute atomic E-state index is 0.0274. The molecule has 11 N–H and O–H groups in total. The zero-order valence-electron chi connectivity index (χ0n) is 43.0. The van der Waals surface area contributed by atoms with Crippen molar-refractivity contribution in [3.05, 3.63) is 38.0 Å². The number of phosphoric acid groups is 2. The molecule has 426 valence electrons. The minimum atomic E-state index is -5.14. The fraction of sp³-hybridized carbons (Fsp3) is 0.652. The van der Waals surface area contributed by atoms with Gasteiger partial charge in [0.1, 0.15) is 59.9 Å². The number of imidazole rings is 3. The number of fused-ring (bicyclic) bond motifs is 3. The number of anilines is 3. The third-order valence-corrected chi connectivity index (χ3v) is 16.1. The quantitative estimate of drug-likeness (QED) is 0.0242. The molecule has 0 radical (unpaired) electrons. The highest BCUT2D eigenvalue weighted by atomic mass is 31.2. The number of aliphatic hydroxyl groups excluding tert-OH is 2. The van der Waals surface area contributed by atoms with Crippen molar-refractivity contribution in [2.75, 3.05) is 37.0 Å². The van der Waals surface area contributed by atoms with E-state index in [4.69, 9.17) is 49.5 Å². The molecule has 30 nitrogen and oxygen atoms in total. The lowest BCUT2D eigenvalue weighted by molar-refractivity contribution is -0.123. The molecule has 3 saturated heterocycles. The predicted molar refractivity (Wildman–Crippen MR) is 277 cm³/mol. The van der Waals surface area contributed by atoms with Crippen LogP contribution in [0.3, 0.4) is 0 Å². The van der Waals surface area contributed by atoms with Gasteiger partial charge in [-0.15, -0.1) is 0 Å². The van der Waals surface area contributed by atoms with E-state index in [0.29, 0.717) is 6.42 Å². The Morgan fingerprint density at radius 2 is 1.04 bits per heavy atom. The maximum Gasteiger partial charge on any atom is 0.472 e. The van der Waals surface area contributed by atoms with Crippen LogP contribution in [0.4, 0.5) is 17.5 Å². The van der Waals surface area contributed by atoms with Gasteiger partial charge in [0.25, 0.3) is 0 Å². The van der Waals surface area contributed by atoms with Crippen molar-refractivity contribution >= 4 is 72.5 Å². The number of hydrogen-bond donors (Lipinski definition) is 8. The molecule has 3 aliphatic heterocycles. The second kappa shape index (κ2) is 25.8.